The van der Waals surface area contributed by atoms with Crippen LogP contribution >= 0.6 is 0 Å². The summed E-state index contributed by atoms with van der Waals surface area (Å²) in [5.74, 6) is 0.661. The average Bonchev–Trinajstić information content (AvgIpc) is 3.55. The molecule has 0 radical (unpaired) electrons. The lowest BCUT2D eigenvalue weighted by molar-refractivity contribution is -0.117. The molecule has 0 unspecified atom stereocenters. The molecular weight excluding hydrogens is 493 g/mol. The number of amides is 1. The van der Waals surface area contributed by atoms with Crippen molar-refractivity contribution in [1.29, 1.82) is 5.41 Å². The topological polar surface area (TPSA) is 97.2 Å². The predicted octanol–water partition coefficient (Wildman–Crippen LogP) is 6.46. The minimum absolute atomic E-state index is 0.100. The highest BCUT2D eigenvalue weighted by Crippen LogP contribution is 2.44. The van der Waals surface area contributed by atoms with Crippen molar-refractivity contribution in [1.82, 2.24) is 9.55 Å². The summed E-state index contributed by atoms with van der Waals surface area (Å²) in [4.78, 5) is 18.7. The van der Waals surface area contributed by atoms with Crippen LogP contribution in [-0.2, 0) is 9.53 Å². The van der Waals surface area contributed by atoms with Crippen LogP contribution in [0.5, 0.6) is 0 Å². The van der Waals surface area contributed by atoms with Crippen molar-refractivity contribution in [2.45, 2.75) is 45.4 Å². The number of nitrogens with two attached hydrogens (primary N) is 1. The van der Waals surface area contributed by atoms with Crippen LogP contribution in [-0.4, -0.2) is 41.4 Å². The first-order valence-corrected chi connectivity index (χ1v) is 13.6. The highest BCUT2D eigenvalue weighted by atomic mass is 19.1. The lowest BCUT2D eigenvalue weighted by atomic mass is 9.90. The maximum absolute atomic E-state index is 13.9. The molecule has 4 aromatic rings. The lowest BCUT2D eigenvalue weighted by Gasteiger charge is -2.26. The number of nitrogens with one attached hydrogen (secondary N) is 1. The number of carbonyl (C=O) groups is 1. The maximum atomic E-state index is 13.9. The van der Waals surface area contributed by atoms with E-state index in [4.69, 9.17) is 15.9 Å². The number of carbonyl (C=O) groups excluding carboxylic acids is 1. The number of anilines is 2. The van der Waals surface area contributed by atoms with Crippen LogP contribution in [0.25, 0.3) is 27.7 Å². The summed E-state index contributed by atoms with van der Waals surface area (Å²) in [5.41, 5.74) is 12.3. The monoisotopic (exact) mass is 527 g/mol. The summed E-state index contributed by atoms with van der Waals surface area (Å²) in [6.45, 7) is 6.01. The number of hydrogen-bond donors (Lipinski definition) is 2. The molecule has 2 aromatic carbocycles. The van der Waals surface area contributed by atoms with E-state index < -0.39 is 0 Å². The quantitative estimate of drug-likeness (QED) is 0.230. The molecule has 8 heteroatoms. The number of fused-ring (bicyclic) bond motifs is 1. The number of nitrogen functional groups attached to an aromatic ring is 1. The van der Waals surface area contributed by atoms with Crippen molar-refractivity contribution in [2.75, 3.05) is 30.4 Å². The van der Waals surface area contributed by atoms with Crippen molar-refractivity contribution < 1.29 is 13.9 Å². The Bertz CT molecular complexity index is 1490. The van der Waals surface area contributed by atoms with E-state index in [-0.39, 0.29) is 17.6 Å². The van der Waals surface area contributed by atoms with E-state index in [9.17, 15) is 9.18 Å². The zero-order valence-corrected chi connectivity index (χ0v) is 22.4. The number of halogens is 1. The Kier molecular flexibility index (Phi) is 7.74. The van der Waals surface area contributed by atoms with Crippen LogP contribution in [0.2, 0.25) is 0 Å². The molecule has 1 amide bonds. The van der Waals surface area contributed by atoms with Gasteiger partial charge < -0.3 is 20.4 Å². The molecule has 2 aliphatic heterocycles. The average molecular weight is 528 g/mol. The van der Waals surface area contributed by atoms with E-state index in [1.165, 1.54) is 18.3 Å². The molecule has 2 aliphatic rings. The number of ether oxygens (including phenoxy) is 1. The fourth-order valence-corrected chi connectivity index (χ4v) is 5.62. The summed E-state index contributed by atoms with van der Waals surface area (Å²) in [6.07, 6.45) is 6.19. The standard InChI is InChI=1S/C29H28FN5O2.C2H6/c30-21-4-6-22(7-5-21)35-25-14-20(16-31)24(32)15-23(25)28(29(35)18-9-12-37-13-10-18)19-3-8-26(33-17-19)34-11-1-2-27(34)36;1-2/h3-8,14-18,31H,1-2,9-13,32H2;1-2H3. The van der Waals surface area contributed by atoms with Gasteiger partial charge in [-0.3, -0.25) is 9.69 Å². The summed E-state index contributed by atoms with van der Waals surface area (Å²) >= 11 is 0. The van der Waals surface area contributed by atoms with Gasteiger partial charge in [0.25, 0.3) is 0 Å². The third-order valence-corrected chi connectivity index (χ3v) is 7.44. The molecule has 2 saturated heterocycles. The Balaban J connectivity index is 0.00000151. The molecule has 4 heterocycles. The molecule has 6 rings (SSSR count). The van der Waals surface area contributed by atoms with Crippen LogP contribution < -0.4 is 10.6 Å². The molecule has 0 saturated carbocycles. The van der Waals surface area contributed by atoms with Crippen molar-refractivity contribution >= 4 is 34.5 Å². The Hall–Kier alpha value is -4.04. The van der Waals surface area contributed by atoms with Crippen LogP contribution in [0.3, 0.4) is 0 Å². The fourth-order valence-electron chi connectivity index (χ4n) is 5.62. The normalized spacial score (nSPS) is 15.9. The molecule has 7 nitrogen and oxygen atoms in total. The van der Waals surface area contributed by atoms with Crippen molar-refractivity contribution in [3.05, 3.63) is 71.8 Å². The number of pyridine rings is 1. The molecule has 0 spiro atoms. The Labute approximate surface area is 227 Å². The van der Waals surface area contributed by atoms with Gasteiger partial charge in [-0.25, -0.2) is 9.37 Å². The number of aromatic nitrogens is 2. The summed E-state index contributed by atoms with van der Waals surface area (Å²) in [5, 5.41) is 8.83. The van der Waals surface area contributed by atoms with Gasteiger partial charge in [0.2, 0.25) is 5.91 Å². The number of benzene rings is 2. The minimum atomic E-state index is -0.297. The van der Waals surface area contributed by atoms with Gasteiger partial charge in [-0.05, 0) is 67.8 Å². The van der Waals surface area contributed by atoms with E-state index in [0.717, 1.165) is 52.7 Å². The molecule has 0 atom stereocenters. The molecular formula is C31H34FN5O2. The lowest BCUT2D eigenvalue weighted by Crippen LogP contribution is -2.24. The van der Waals surface area contributed by atoms with E-state index >= 15 is 0 Å². The van der Waals surface area contributed by atoms with Gasteiger partial charge in [-0.15, -0.1) is 0 Å². The molecule has 2 aromatic heterocycles. The second-order valence-corrected chi connectivity index (χ2v) is 9.66. The largest absolute Gasteiger partial charge is 0.398 e. The highest BCUT2D eigenvalue weighted by Gasteiger charge is 2.29. The van der Waals surface area contributed by atoms with Crippen molar-refractivity contribution in [3.8, 4) is 16.8 Å². The van der Waals surface area contributed by atoms with E-state index in [0.29, 0.717) is 43.2 Å². The van der Waals surface area contributed by atoms with Gasteiger partial charge in [0.15, 0.2) is 0 Å². The highest BCUT2D eigenvalue weighted by molar-refractivity contribution is 6.04. The Morgan fingerprint density at radius 3 is 2.46 bits per heavy atom. The van der Waals surface area contributed by atoms with E-state index in [1.54, 1.807) is 17.0 Å². The van der Waals surface area contributed by atoms with E-state index in [2.05, 4.69) is 9.55 Å². The molecule has 3 N–H and O–H groups in total. The van der Waals surface area contributed by atoms with E-state index in [1.807, 2.05) is 44.3 Å². The van der Waals surface area contributed by atoms with Crippen molar-refractivity contribution in [3.63, 3.8) is 0 Å². The van der Waals surface area contributed by atoms with Gasteiger partial charge in [0.05, 0.1) is 5.52 Å². The molecule has 39 heavy (non-hydrogen) atoms. The van der Waals surface area contributed by atoms with Crippen molar-refractivity contribution in [2.24, 2.45) is 0 Å². The second-order valence-electron chi connectivity index (χ2n) is 9.66. The first kappa shape index (κ1) is 26.6. The smallest absolute Gasteiger partial charge is 0.228 e. The third kappa shape index (κ3) is 4.92. The van der Waals surface area contributed by atoms with Gasteiger partial charge in [0.1, 0.15) is 11.6 Å². The Morgan fingerprint density at radius 1 is 1.10 bits per heavy atom. The first-order chi connectivity index (χ1) is 19.0. The van der Waals surface area contributed by atoms with Crippen LogP contribution in [0.15, 0.2) is 54.7 Å². The predicted molar refractivity (Wildman–Crippen MR) is 154 cm³/mol. The van der Waals surface area contributed by atoms with Crippen LogP contribution in [0.4, 0.5) is 15.9 Å². The molecule has 0 aliphatic carbocycles. The summed E-state index contributed by atoms with van der Waals surface area (Å²) in [7, 11) is 0. The number of rotatable bonds is 5. The third-order valence-electron chi connectivity index (χ3n) is 7.44. The minimum Gasteiger partial charge on any atom is -0.398 e. The number of hydrogen-bond acceptors (Lipinski definition) is 5. The zero-order chi connectivity index (χ0) is 27.5. The SMILES string of the molecule is CC.N=Cc1cc2c(cc1N)c(-c1ccc(N3CCCC3=O)nc1)c(C1CCOCC1)n2-c1ccc(F)cc1. The fraction of sp³-hybridized carbons (Fsp3) is 0.323. The molecule has 0 bridgehead atoms. The van der Waals surface area contributed by atoms with Crippen LogP contribution in [0.1, 0.15) is 56.7 Å². The summed E-state index contributed by atoms with van der Waals surface area (Å²) in [6, 6.07) is 14.3. The van der Waals surface area contributed by atoms with Gasteiger partial charge in [0, 0.05) is 83.7 Å². The number of nitrogens with zero attached hydrogens (tertiary/aromatic N) is 3. The van der Waals surface area contributed by atoms with Gasteiger partial charge in [-0.2, -0.15) is 0 Å². The van der Waals surface area contributed by atoms with Gasteiger partial charge >= 0.3 is 0 Å². The maximum Gasteiger partial charge on any atom is 0.228 e. The molecule has 202 valence electrons. The first-order valence-electron chi connectivity index (χ1n) is 13.6. The Morgan fingerprint density at radius 2 is 1.85 bits per heavy atom. The molecule has 2 fully saturated rings. The second kappa shape index (κ2) is 11.4. The summed E-state index contributed by atoms with van der Waals surface area (Å²) < 4.78 is 21.8. The zero-order valence-electron chi connectivity index (χ0n) is 22.4. The van der Waals surface area contributed by atoms with Gasteiger partial charge in [-0.1, -0.05) is 13.8 Å². The van der Waals surface area contributed by atoms with Crippen LogP contribution in [0, 0.1) is 11.2 Å².